The molecule has 0 aliphatic carbocycles. The van der Waals surface area contributed by atoms with Gasteiger partial charge in [0.2, 0.25) is 0 Å². The molecule has 0 amide bonds. The third-order valence-corrected chi connectivity index (χ3v) is 2.99. The average Bonchev–Trinajstić information content (AvgIpc) is 2.82. The molecule has 2 nitrogen and oxygen atoms in total. The number of methoxy groups -OCH3 is 1. The molecule has 0 saturated carbocycles. The fourth-order valence-electron chi connectivity index (χ4n) is 1.41. The maximum atomic E-state index is 10.0. The van der Waals surface area contributed by atoms with Gasteiger partial charge in [-0.1, -0.05) is 12.1 Å². The molecule has 0 radical (unpaired) electrons. The van der Waals surface area contributed by atoms with E-state index in [1.54, 1.807) is 18.4 Å². The lowest BCUT2D eigenvalue weighted by Gasteiger charge is -2.09. The second-order valence-corrected chi connectivity index (χ2v) is 4.01. The summed E-state index contributed by atoms with van der Waals surface area (Å²) in [5.74, 6) is 0.802. The third kappa shape index (κ3) is 2.19. The predicted molar refractivity (Wildman–Crippen MR) is 61.4 cm³/mol. The van der Waals surface area contributed by atoms with Gasteiger partial charge in [0.15, 0.2) is 0 Å². The van der Waals surface area contributed by atoms with E-state index in [1.165, 1.54) is 0 Å². The van der Waals surface area contributed by atoms with E-state index in [0.717, 1.165) is 16.9 Å². The van der Waals surface area contributed by atoms with Crippen LogP contribution in [0.15, 0.2) is 41.1 Å². The molecule has 0 spiro atoms. The average molecular weight is 220 g/mol. The zero-order valence-electron chi connectivity index (χ0n) is 8.38. The van der Waals surface area contributed by atoms with Gasteiger partial charge in [-0.25, -0.2) is 0 Å². The predicted octanol–water partition coefficient (Wildman–Crippen LogP) is 2.84. The molecule has 3 heteroatoms. The summed E-state index contributed by atoms with van der Waals surface area (Å²) < 4.78 is 5.06. The number of ether oxygens (including phenoxy) is 1. The van der Waals surface area contributed by atoms with Crippen LogP contribution in [0.4, 0.5) is 0 Å². The molecule has 1 N–H and O–H groups in total. The molecule has 0 unspecified atom stereocenters. The van der Waals surface area contributed by atoms with Gasteiger partial charge in [-0.2, -0.15) is 11.3 Å². The summed E-state index contributed by atoms with van der Waals surface area (Å²) in [6.45, 7) is 0. The summed E-state index contributed by atoms with van der Waals surface area (Å²) in [4.78, 5) is 0. The monoisotopic (exact) mass is 220 g/mol. The number of hydrogen-bond acceptors (Lipinski definition) is 3. The molecule has 0 bridgehead atoms. The van der Waals surface area contributed by atoms with Crippen LogP contribution < -0.4 is 4.74 Å². The third-order valence-electron chi connectivity index (χ3n) is 2.29. The summed E-state index contributed by atoms with van der Waals surface area (Å²) in [6.07, 6.45) is -0.540. The van der Waals surface area contributed by atoms with Crippen LogP contribution >= 0.6 is 11.3 Å². The fraction of sp³-hybridized carbons (Fsp3) is 0.167. The zero-order valence-corrected chi connectivity index (χ0v) is 9.20. The standard InChI is InChI=1S/C12H12O2S/c1-14-11-4-2-9(3-5-11)12(13)10-6-7-15-8-10/h2-8,12-13H,1H3/t12-/m0/s1. The van der Waals surface area contributed by atoms with E-state index in [-0.39, 0.29) is 0 Å². The van der Waals surface area contributed by atoms with Crippen molar-refractivity contribution in [3.8, 4) is 5.75 Å². The van der Waals surface area contributed by atoms with Gasteiger partial charge < -0.3 is 9.84 Å². The van der Waals surface area contributed by atoms with Crippen molar-refractivity contribution in [3.05, 3.63) is 52.2 Å². The van der Waals surface area contributed by atoms with E-state index in [0.29, 0.717) is 0 Å². The van der Waals surface area contributed by atoms with E-state index in [2.05, 4.69) is 0 Å². The SMILES string of the molecule is COc1ccc([C@H](O)c2ccsc2)cc1. The maximum Gasteiger partial charge on any atom is 0.118 e. The van der Waals surface area contributed by atoms with Crippen molar-refractivity contribution >= 4 is 11.3 Å². The number of hydrogen-bond donors (Lipinski definition) is 1. The molecule has 0 saturated heterocycles. The molecule has 2 rings (SSSR count). The molecule has 0 aliphatic rings. The summed E-state index contributed by atoms with van der Waals surface area (Å²) in [6, 6.07) is 9.39. The van der Waals surface area contributed by atoms with E-state index in [1.807, 2.05) is 41.1 Å². The highest BCUT2D eigenvalue weighted by molar-refractivity contribution is 7.07. The molecule has 1 atom stereocenters. The van der Waals surface area contributed by atoms with Crippen LogP contribution in [0, 0.1) is 0 Å². The Kier molecular flexibility index (Phi) is 3.04. The Morgan fingerprint density at radius 3 is 2.40 bits per heavy atom. The first kappa shape index (κ1) is 10.2. The first-order chi connectivity index (χ1) is 7.31. The minimum absolute atomic E-state index is 0.540. The molecule has 78 valence electrons. The Labute approximate surface area is 92.8 Å². The van der Waals surface area contributed by atoms with Crippen LogP contribution in [0.3, 0.4) is 0 Å². The molecular formula is C12H12O2S. The van der Waals surface area contributed by atoms with Gasteiger partial charge in [0.1, 0.15) is 11.9 Å². The summed E-state index contributed by atoms with van der Waals surface area (Å²) in [5.41, 5.74) is 1.82. The summed E-state index contributed by atoms with van der Waals surface area (Å²) in [5, 5.41) is 13.9. The number of aliphatic hydroxyl groups excluding tert-OH is 1. The molecular weight excluding hydrogens is 208 g/mol. The fourth-order valence-corrected chi connectivity index (χ4v) is 2.09. The number of benzene rings is 1. The first-order valence-corrected chi connectivity index (χ1v) is 5.59. The second-order valence-electron chi connectivity index (χ2n) is 3.23. The number of thiophene rings is 1. The van der Waals surface area contributed by atoms with E-state index < -0.39 is 6.10 Å². The van der Waals surface area contributed by atoms with Crippen molar-refractivity contribution in [2.45, 2.75) is 6.10 Å². The van der Waals surface area contributed by atoms with Crippen molar-refractivity contribution in [1.82, 2.24) is 0 Å². The Morgan fingerprint density at radius 1 is 1.13 bits per heavy atom. The maximum absolute atomic E-state index is 10.0. The lowest BCUT2D eigenvalue weighted by molar-refractivity contribution is 0.220. The van der Waals surface area contributed by atoms with E-state index in [4.69, 9.17) is 4.74 Å². The first-order valence-electron chi connectivity index (χ1n) is 4.65. The number of rotatable bonds is 3. The largest absolute Gasteiger partial charge is 0.497 e. The molecule has 0 fully saturated rings. The quantitative estimate of drug-likeness (QED) is 0.861. The second kappa shape index (κ2) is 4.47. The van der Waals surface area contributed by atoms with E-state index >= 15 is 0 Å². The van der Waals surface area contributed by atoms with Gasteiger partial charge in [0.25, 0.3) is 0 Å². The van der Waals surface area contributed by atoms with Crippen LogP contribution in [-0.2, 0) is 0 Å². The molecule has 1 aromatic heterocycles. The highest BCUT2D eigenvalue weighted by Crippen LogP contribution is 2.25. The van der Waals surface area contributed by atoms with Gasteiger partial charge >= 0.3 is 0 Å². The molecule has 0 aliphatic heterocycles. The highest BCUT2D eigenvalue weighted by atomic mass is 32.1. The van der Waals surface area contributed by atoms with Crippen molar-refractivity contribution in [2.24, 2.45) is 0 Å². The van der Waals surface area contributed by atoms with Crippen LogP contribution in [-0.4, -0.2) is 12.2 Å². The van der Waals surface area contributed by atoms with Crippen LogP contribution in [0.5, 0.6) is 5.75 Å². The minimum Gasteiger partial charge on any atom is -0.497 e. The Bertz CT molecular complexity index is 406. The normalized spacial score (nSPS) is 12.4. The summed E-state index contributed by atoms with van der Waals surface area (Å²) >= 11 is 1.59. The molecule has 1 aromatic carbocycles. The zero-order chi connectivity index (χ0) is 10.7. The van der Waals surface area contributed by atoms with Crippen molar-refractivity contribution < 1.29 is 9.84 Å². The Morgan fingerprint density at radius 2 is 1.87 bits per heavy atom. The van der Waals surface area contributed by atoms with Crippen molar-refractivity contribution in [2.75, 3.05) is 7.11 Å². The lowest BCUT2D eigenvalue weighted by Crippen LogP contribution is -1.97. The van der Waals surface area contributed by atoms with Crippen LogP contribution in [0.25, 0.3) is 0 Å². The minimum atomic E-state index is -0.540. The molecule has 2 aromatic rings. The Hall–Kier alpha value is -1.32. The lowest BCUT2D eigenvalue weighted by atomic mass is 10.0. The molecule has 1 heterocycles. The number of aliphatic hydroxyl groups is 1. The van der Waals surface area contributed by atoms with Crippen molar-refractivity contribution in [1.29, 1.82) is 0 Å². The highest BCUT2D eigenvalue weighted by Gasteiger charge is 2.10. The molecule has 15 heavy (non-hydrogen) atoms. The topological polar surface area (TPSA) is 29.5 Å². The van der Waals surface area contributed by atoms with Gasteiger partial charge in [0, 0.05) is 0 Å². The van der Waals surface area contributed by atoms with Gasteiger partial charge in [-0.15, -0.1) is 0 Å². The van der Waals surface area contributed by atoms with Crippen LogP contribution in [0.2, 0.25) is 0 Å². The van der Waals surface area contributed by atoms with Gasteiger partial charge in [-0.3, -0.25) is 0 Å². The summed E-state index contributed by atoms with van der Waals surface area (Å²) in [7, 11) is 1.63. The smallest absolute Gasteiger partial charge is 0.118 e. The van der Waals surface area contributed by atoms with Gasteiger partial charge in [0.05, 0.1) is 7.11 Å². The van der Waals surface area contributed by atoms with Crippen molar-refractivity contribution in [3.63, 3.8) is 0 Å². The Balaban J connectivity index is 2.22. The van der Waals surface area contributed by atoms with Gasteiger partial charge in [-0.05, 0) is 40.1 Å². The van der Waals surface area contributed by atoms with E-state index in [9.17, 15) is 5.11 Å². The van der Waals surface area contributed by atoms with Crippen LogP contribution in [0.1, 0.15) is 17.2 Å².